The number of para-hydroxylation sites is 1. The molecule has 4 heteroatoms. The van der Waals surface area contributed by atoms with Crippen molar-refractivity contribution in [2.75, 3.05) is 0 Å². The minimum Gasteiger partial charge on any atom is -0.247 e. The fourth-order valence-electron chi connectivity index (χ4n) is 7.43. The summed E-state index contributed by atoms with van der Waals surface area (Å²) >= 11 is 0. The molecule has 0 fully saturated rings. The Hall–Kier alpha value is -5.74. The van der Waals surface area contributed by atoms with Crippen LogP contribution in [0.5, 0.6) is 0 Å². The third-order valence-corrected chi connectivity index (χ3v) is 9.83. The lowest BCUT2D eigenvalue weighted by molar-refractivity contribution is 0.515. The Kier molecular flexibility index (Phi) is 5.94. The smallest absolute Gasteiger partial charge is 0.223 e. The second-order valence-corrected chi connectivity index (χ2v) is 12.9. The molecule has 2 nitrogen and oxygen atoms in total. The Morgan fingerprint density at radius 3 is 1.91 bits per heavy atom. The SMILES string of the molecule is CC1(C)c2cc(-c3cccc(-c4cc5cc6ccccc6nc5c5ccccc45)c3)ccc2-c2ccc(-c3ccc(F)nc3F)cc21. The summed E-state index contributed by atoms with van der Waals surface area (Å²) in [6, 6.07) is 45.4. The van der Waals surface area contributed by atoms with Crippen LogP contribution in [0.15, 0.2) is 133 Å². The minimum absolute atomic E-state index is 0.295. The molecule has 0 saturated heterocycles. The lowest BCUT2D eigenvalue weighted by Gasteiger charge is -2.22. The highest BCUT2D eigenvalue weighted by Gasteiger charge is 2.36. The molecule has 0 atom stereocenters. The third-order valence-electron chi connectivity index (χ3n) is 9.83. The molecule has 0 spiro atoms. The largest absolute Gasteiger partial charge is 0.247 e. The van der Waals surface area contributed by atoms with Crippen LogP contribution >= 0.6 is 0 Å². The molecule has 8 aromatic rings. The maximum absolute atomic E-state index is 14.6. The number of pyridine rings is 2. The Bertz CT molecular complexity index is 2580. The van der Waals surface area contributed by atoms with Gasteiger partial charge in [-0.15, -0.1) is 0 Å². The summed E-state index contributed by atoms with van der Waals surface area (Å²) in [5.41, 5.74) is 11.9. The van der Waals surface area contributed by atoms with E-state index in [1.54, 1.807) is 0 Å². The molecule has 0 radical (unpaired) electrons. The molecule has 0 N–H and O–H groups in total. The molecule has 0 bridgehead atoms. The van der Waals surface area contributed by atoms with Crippen LogP contribution in [-0.2, 0) is 5.41 Å². The van der Waals surface area contributed by atoms with Gasteiger partial charge in [0.2, 0.25) is 11.9 Å². The van der Waals surface area contributed by atoms with E-state index in [1.807, 2.05) is 24.3 Å². The molecule has 0 aliphatic heterocycles. The molecule has 2 heterocycles. The summed E-state index contributed by atoms with van der Waals surface area (Å²) in [4.78, 5) is 8.46. The molecular formula is C43H28F2N2. The number of rotatable bonds is 3. The normalized spacial score (nSPS) is 13.3. The molecular weight excluding hydrogens is 582 g/mol. The first kappa shape index (κ1) is 27.6. The number of hydrogen-bond acceptors (Lipinski definition) is 2. The summed E-state index contributed by atoms with van der Waals surface area (Å²) in [5, 5.41) is 4.57. The first-order valence-electron chi connectivity index (χ1n) is 15.8. The van der Waals surface area contributed by atoms with Crippen LogP contribution in [0.25, 0.3) is 77.1 Å². The van der Waals surface area contributed by atoms with E-state index >= 15 is 0 Å². The number of fused-ring (bicyclic) bond motifs is 7. The van der Waals surface area contributed by atoms with Gasteiger partial charge in [-0.2, -0.15) is 13.8 Å². The Morgan fingerprint density at radius 2 is 1.11 bits per heavy atom. The second-order valence-electron chi connectivity index (χ2n) is 12.9. The van der Waals surface area contributed by atoms with Gasteiger partial charge < -0.3 is 0 Å². The summed E-state index contributed by atoms with van der Waals surface area (Å²) in [6.07, 6.45) is 0. The van der Waals surface area contributed by atoms with Crippen molar-refractivity contribution in [1.29, 1.82) is 0 Å². The second kappa shape index (κ2) is 10.1. The molecule has 1 aliphatic rings. The maximum atomic E-state index is 14.6. The predicted molar refractivity (Wildman–Crippen MR) is 188 cm³/mol. The van der Waals surface area contributed by atoms with Gasteiger partial charge in [-0.1, -0.05) is 98.8 Å². The van der Waals surface area contributed by atoms with E-state index < -0.39 is 11.9 Å². The Morgan fingerprint density at radius 1 is 0.468 bits per heavy atom. The number of hydrogen-bond donors (Lipinski definition) is 0. The number of benzene rings is 6. The lowest BCUT2D eigenvalue weighted by Crippen LogP contribution is -2.15. The van der Waals surface area contributed by atoms with Gasteiger partial charge >= 0.3 is 0 Å². The van der Waals surface area contributed by atoms with Crippen molar-refractivity contribution in [3.63, 3.8) is 0 Å². The first-order valence-corrected chi connectivity index (χ1v) is 15.8. The van der Waals surface area contributed by atoms with E-state index in [0.717, 1.165) is 55.0 Å². The summed E-state index contributed by atoms with van der Waals surface area (Å²) < 4.78 is 28.1. The van der Waals surface area contributed by atoms with Gasteiger partial charge in [0, 0.05) is 27.1 Å². The number of nitrogens with zero attached hydrogens (tertiary/aromatic N) is 2. The zero-order valence-electron chi connectivity index (χ0n) is 25.9. The van der Waals surface area contributed by atoms with Gasteiger partial charge in [-0.05, 0) is 104 Å². The zero-order valence-corrected chi connectivity index (χ0v) is 25.9. The quantitative estimate of drug-likeness (QED) is 0.113. The van der Waals surface area contributed by atoms with Gasteiger partial charge in [0.05, 0.1) is 11.0 Å². The van der Waals surface area contributed by atoms with Crippen LogP contribution in [0.1, 0.15) is 25.0 Å². The molecule has 1 aliphatic carbocycles. The number of halogens is 2. The Balaban J connectivity index is 1.14. The number of aromatic nitrogens is 2. The van der Waals surface area contributed by atoms with E-state index in [9.17, 15) is 8.78 Å². The van der Waals surface area contributed by atoms with Crippen molar-refractivity contribution >= 4 is 32.6 Å². The van der Waals surface area contributed by atoms with Crippen molar-refractivity contribution in [2.45, 2.75) is 19.3 Å². The van der Waals surface area contributed by atoms with E-state index in [2.05, 4.69) is 116 Å². The molecule has 0 amide bonds. The molecule has 2 aromatic heterocycles. The molecule has 9 rings (SSSR count). The average molecular weight is 611 g/mol. The van der Waals surface area contributed by atoms with E-state index in [1.165, 1.54) is 34.2 Å². The van der Waals surface area contributed by atoms with Crippen LogP contribution in [0.3, 0.4) is 0 Å². The van der Waals surface area contributed by atoms with Crippen molar-refractivity contribution in [1.82, 2.24) is 9.97 Å². The zero-order chi connectivity index (χ0) is 31.9. The van der Waals surface area contributed by atoms with Gasteiger partial charge in [0.15, 0.2) is 0 Å². The molecule has 6 aromatic carbocycles. The van der Waals surface area contributed by atoms with Crippen LogP contribution in [0, 0.1) is 11.9 Å². The van der Waals surface area contributed by atoms with Crippen LogP contribution in [0.2, 0.25) is 0 Å². The van der Waals surface area contributed by atoms with Crippen molar-refractivity contribution in [3.05, 3.63) is 156 Å². The lowest BCUT2D eigenvalue weighted by atomic mass is 9.81. The maximum Gasteiger partial charge on any atom is 0.223 e. The van der Waals surface area contributed by atoms with Crippen LogP contribution < -0.4 is 0 Å². The highest BCUT2D eigenvalue weighted by Crippen LogP contribution is 2.51. The molecule has 224 valence electrons. The van der Waals surface area contributed by atoms with E-state index in [4.69, 9.17) is 4.98 Å². The fraction of sp³-hybridized carbons (Fsp3) is 0.0698. The fourth-order valence-corrected chi connectivity index (χ4v) is 7.43. The van der Waals surface area contributed by atoms with Gasteiger partial charge in [-0.3, -0.25) is 0 Å². The van der Waals surface area contributed by atoms with Gasteiger partial charge in [0.25, 0.3) is 0 Å². The van der Waals surface area contributed by atoms with Gasteiger partial charge in [-0.25, -0.2) is 4.98 Å². The minimum atomic E-state index is -0.823. The highest BCUT2D eigenvalue weighted by atomic mass is 19.1. The molecule has 0 unspecified atom stereocenters. The first-order chi connectivity index (χ1) is 22.8. The summed E-state index contributed by atoms with van der Waals surface area (Å²) in [7, 11) is 0. The van der Waals surface area contributed by atoms with Gasteiger partial charge in [0.1, 0.15) is 0 Å². The van der Waals surface area contributed by atoms with Crippen molar-refractivity contribution < 1.29 is 8.78 Å². The van der Waals surface area contributed by atoms with E-state index in [0.29, 0.717) is 11.1 Å². The Labute approximate surface area is 271 Å². The van der Waals surface area contributed by atoms with E-state index in [-0.39, 0.29) is 5.41 Å². The average Bonchev–Trinajstić information content (AvgIpc) is 3.32. The van der Waals surface area contributed by atoms with Crippen molar-refractivity contribution in [3.8, 4) is 44.5 Å². The van der Waals surface area contributed by atoms with Crippen molar-refractivity contribution in [2.24, 2.45) is 0 Å². The molecule has 0 saturated carbocycles. The predicted octanol–water partition coefficient (Wildman–Crippen LogP) is 11.5. The summed E-state index contributed by atoms with van der Waals surface area (Å²) in [6.45, 7) is 4.42. The summed E-state index contributed by atoms with van der Waals surface area (Å²) in [5.74, 6) is -1.62. The standard InChI is InChI=1S/C43H28F2N2/c1-43(2)37-23-26(14-16-33(37)34-17-15-28(24-38(34)43)31-18-19-40(44)47-42(31)45)25-9-7-10-27(20-25)36-22-30-21-29-8-3-6-13-39(29)46-41(30)35-12-5-4-11-32(35)36/h3-24H,1-2H3. The third kappa shape index (κ3) is 4.29. The monoisotopic (exact) mass is 610 g/mol. The highest BCUT2D eigenvalue weighted by molar-refractivity contribution is 6.14. The molecule has 47 heavy (non-hydrogen) atoms. The van der Waals surface area contributed by atoms with Crippen LogP contribution in [-0.4, -0.2) is 9.97 Å². The van der Waals surface area contributed by atoms with Crippen LogP contribution in [0.4, 0.5) is 8.78 Å². The topological polar surface area (TPSA) is 25.8 Å².